The first-order valence-corrected chi connectivity index (χ1v) is 6.78. The highest BCUT2D eigenvalue weighted by molar-refractivity contribution is 8.01. The van der Waals surface area contributed by atoms with Crippen LogP contribution >= 0.6 is 23.1 Å². The van der Waals surface area contributed by atoms with Gasteiger partial charge in [0.2, 0.25) is 0 Å². The molecule has 0 aliphatic heterocycles. The Bertz CT molecular complexity index is 583. The monoisotopic (exact) mass is 282 g/mol. The second kappa shape index (κ2) is 5.47. The molecule has 0 saturated heterocycles. The molecule has 1 heterocycles. The van der Waals surface area contributed by atoms with E-state index in [1.165, 1.54) is 29.2 Å². The number of aliphatic hydroxyl groups excluding tert-OH is 1. The third kappa shape index (κ3) is 2.87. The van der Waals surface area contributed by atoms with E-state index in [1.54, 1.807) is 12.1 Å². The van der Waals surface area contributed by atoms with E-state index in [9.17, 15) is 10.1 Å². The van der Waals surface area contributed by atoms with Gasteiger partial charge in [-0.25, -0.2) is 4.98 Å². The van der Waals surface area contributed by atoms with Gasteiger partial charge >= 0.3 is 0 Å². The molecule has 0 aliphatic carbocycles. The molecule has 0 unspecified atom stereocenters. The molecule has 0 radical (unpaired) electrons. The molecule has 2 aromatic rings. The molecule has 0 saturated carbocycles. The minimum absolute atomic E-state index is 0.000553. The van der Waals surface area contributed by atoms with Gasteiger partial charge in [0, 0.05) is 17.1 Å². The molecule has 0 aliphatic rings. The smallest absolute Gasteiger partial charge is 0.283 e. The molecular weight excluding hydrogens is 272 g/mol. The van der Waals surface area contributed by atoms with Crippen molar-refractivity contribution in [3.05, 3.63) is 45.0 Å². The maximum absolute atomic E-state index is 11.0. The fourth-order valence-electron chi connectivity index (χ4n) is 1.36. The van der Waals surface area contributed by atoms with E-state index >= 15 is 0 Å². The molecule has 0 atom stereocenters. The van der Waals surface area contributed by atoms with Crippen molar-refractivity contribution in [3.63, 3.8) is 0 Å². The van der Waals surface area contributed by atoms with Crippen molar-refractivity contribution < 1.29 is 10.0 Å². The topological polar surface area (TPSA) is 76.3 Å². The maximum atomic E-state index is 11.0. The Morgan fingerprint density at radius 1 is 1.56 bits per heavy atom. The minimum atomic E-state index is -0.443. The summed E-state index contributed by atoms with van der Waals surface area (Å²) in [6, 6.07) is 4.71. The number of aromatic nitrogens is 1. The summed E-state index contributed by atoms with van der Waals surface area (Å²) in [6.45, 7) is 1.67. The van der Waals surface area contributed by atoms with Crippen molar-refractivity contribution in [3.8, 4) is 0 Å². The molecular formula is C11H10N2O3S2. The summed E-state index contributed by atoms with van der Waals surface area (Å²) in [5, 5.41) is 21.9. The second-order valence-corrected chi connectivity index (χ2v) is 5.72. The molecule has 94 valence electrons. The van der Waals surface area contributed by atoms with Crippen molar-refractivity contribution >= 4 is 28.8 Å². The third-order valence-electron chi connectivity index (χ3n) is 2.20. The van der Waals surface area contributed by atoms with Crippen LogP contribution in [-0.4, -0.2) is 15.0 Å². The SMILES string of the molecule is Cc1csc(Sc2ccc(CO)cc2[N+](=O)[O-])n1. The van der Waals surface area contributed by atoms with Crippen LogP contribution in [0.25, 0.3) is 0 Å². The Kier molecular flexibility index (Phi) is 3.95. The van der Waals surface area contributed by atoms with Gasteiger partial charge in [-0.15, -0.1) is 11.3 Å². The number of nitro groups is 1. The molecule has 1 N–H and O–H groups in total. The van der Waals surface area contributed by atoms with Gasteiger partial charge in [-0.3, -0.25) is 10.1 Å². The van der Waals surface area contributed by atoms with Crippen LogP contribution in [0, 0.1) is 17.0 Å². The molecule has 0 fully saturated rings. The van der Waals surface area contributed by atoms with Gasteiger partial charge in [0.15, 0.2) is 4.34 Å². The largest absolute Gasteiger partial charge is 0.392 e. The second-order valence-electron chi connectivity index (χ2n) is 3.57. The van der Waals surface area contributed by atoms with Crippen LogP contribution in [0.5, 0.6) is 0 Å². The molecule has 5 nitrogen and oxygen atoms in total. The normalized spacial score (nSPS) is 10.6. The summed E-state index contributed by atoms with van der Waals surface area (Å²) in [6.07, 6.45) is 0. The van der Waals surface area contributed by atoms with E-state index in [0.29, 0.717) is 10.5 Å². The van der Waals surface area contributed by atoms with E-state index in [-0.39, 0.29) is 12.3 Å². The lowest BCUT2D eigenvalue weighted by Crippen LogP contribution is -1.93. The van der Waals surface area contributed by atoms with Crippen molar-refractivity contribution in [1.29, 1.82) is 0 Å². The molecule has 7 heteroatoms. The van der Waals surface area contributed by atoms with Gasteiger partial charge in [0.1, 0.15) is 0 Å². The molecule has 1 aromatic heterocycles. The van der Waals surface area contributed by atoms with Crippen LogP contribution in [0.15, 0.2) is 32.8 Å². The van der Waals surface area contributed by atoms with Crippen LogP contribution in [0.1, 0.15) is 11.3 Å². The van der Waals surface area contributed by atoms with Crippen LogP contribution in [-0.2, 0) is 6.61 Å². The number of hydrogen-bond donors (Lipinski definition) is 1. The van der Waals surface area contributed by atoms with Gasteiger partial charge in [-0.2, -0.15) is 0 Å². The zero-order valence-corrected chi connectivity index (χ0v) is 11.1. The number of aliphatic hydroxyl groups is 1. The summed E-state index contributed by atoms with van der Waals surface area (Å²) >= 11 is 2.72. The number of hydrogen-bond acceptors (Lipinski definition) is 6. The molecule has 0 spiro atoms. The fourth-order valence-corrected chi connectivity index (χ4v) is 3.24. The number of benzene rings is 1. The van der Waals surface area contributed by atoms with Gasteiger partial charge in [0.05, 0.1) is 16.4 Å². The minimum Gasteiger partial charge on any atom is -0.392 e. The first kappa shape index (κ1) is 13.0. The van der Waals surface area contributed by atoms with Crippen LogP contribution in [0.2, 0.25) is 0 Å². The fraction of sp³-hybridized carbons (Fsp3) is 0.182. The van der Waals surface area contributed by atoms with Crippen molar-refractivity contribution in [2.24, 2.45) is 0 Å². The van der Waals surface area contributed by atoms with E-state index in [2.05, 4.69) is 4.98 Å². The van der Waals surface area contributed by atoms with Crippen LogP contribution < -0.4 is 0 Å². The number of thiazole rings is 1. The first-order valence-electron chi connectivity index (χ1n) is 5.08. The maximum Gasteiger partial charge on any atom is 0.283 e. The molecule has 1 aromatic carbocycles. The average molecular weight is 282 g/mol. The Morgan fingerprint density at radius 3 is 2.89 bits per heavy atom. The summed E-state index contributed by atoms with van der Waals surface area (Å²) < 4.78 is 0.771. The number of rotatable bonds is 4. The van der Waals surface area contributed by atoms with Crippen molar-refractivity contribution in [1.82, 2.24) is 4.98 Å². The lowest BCUT2D eigenvalue weighted by molar-refractivity contribution is -0.387. The molecule has 18 heavy (non-hydrogen) atoms. The summed E-state index contributed by atoms with van der Waals surface area (Å²) in [5.41, 5.74) is 1.43. The quantitative estimate of drug-likeness (QED) is 0.689. The van der Waals surface area contributed by atoms with Crippen molar-refractivity contribution in [2.45, 2.75) is 22.8 Å². The lowest BCUT2D eigenvalue weighted by atomic mass is 10.2. The molecule has 0 amide bonds. The number of aryl methyl sites for hydroxylation is 1. The van der Waals surface area contributed by atoms with Gasteiger partial charge < -0.3 is 5.11 Å². The highest BCUT2D eigenvalue weighted by Gasteiger charge is 2.16. The van der Waals surface area contributed by atoms with Crippen molar-refractivity contribution in [2.75, 3.05) is 0 Å². The van der Waals surface area contributed by atoms with Gasteiger partial charge in [0.25, 0.3) is 5.69 Å². The third-order valence-corrected chi connectivity index (χ3v) is 4.32. The van der Waals surface area contributed by atoms with E-state index < -0.39 is 4.92 Å². The molecule has 2 rings (SSSR count). The standard InChI is InChI=1S/C11H10N2O3S2/c1-7-6-17-11(12-7)18-10-3-2-8(5-14)4-9(10)13(15)16/h2-4,6,14H,5H2,1H3. The number of nitro benzene ring substituents is 1. The highest BCUT2D eigenvalue weighted by atomic mass is 32.2. The zero-order valence-electron chi connectivity index (χ0n) is 9.49. The van der Waals surface area contributed by atoms with Crippen LogP contribution in [0.3, 0.4) is 0 Å². The number of nitrogens with zero attached hydrogens (tertiary/aromatic N) is 2. The zero-order chi connectivity index (χ0) is 13.1. The van der Waals surface area contributed by atoms with E-state index in [1.807, 2.05) is 12.3 Å². The van der Waals surface area contributed by atoms with Gasteiger partial charge in [-0.1, -0.05) is 17.8 Å². The first-order chi connectivity index (χ1) is 8.60. The Morgan fingerprint density at radius 2 is 2.33 bits per heavy atom. The summed E-state index contributed by atoms with van der Waals surface area (Å²) in [5.74, 6) is 0. The molecule has 0 bridgehead atoms. The van der Waals surface area contributed by atoms with E-state index in [4.69, 9.17) is 5.11 Å². The Labute approximate surface area is 112 Å². The Balaban J connectivity index is 2.34. The highest BCUT2D eigenvalue weighted by Crippen LogP contribution is 2.36. The van der Waals surface area contributed by atoms with Gasteiger partial charge in [-0.05, 0) is 18.6 Å². The van der Waals surface area contributed by atoms with Crippen LogP contribution in [0.4, 0.5) is 5.69 Å². The average Bonchev–Trinajstić information content (AvgIpc) is 2.75. The Hall–Kier alpha value is -1.44. The summed E-state index contributed by atoms with van der Waals surface area (Å²) in [7, 11) is 0. The lowest BCUT2D eigenvalue weighted by Gasteiger charge is -2.02. The summed E-state index contributed by atoms with van der Waals surface area (Å²) in [4.78, 5) is 15.3. The predicted octanol–water partition coefficient (Wildman–Crippen LogP) is 3.00. The predicted molar refractivity (Wildman–Crippen MR) is 70.0 cm³/mol. The van der Waals surface area contributed by atoms with E-state index in [0.717, 1.165) is 10.0 Å².